The lowest BCUT2D eigenvalue weighted by Gasteiger charge is -2.06. The van der Waals surface area contributed by atoms with Gasteiger partial charge in [0.15, 0.2) is 0 Å². The number of rotatable bonds is 4. The lowest BCUT2D eigenvalue weighted by Crippen LogP contribution is -2.02. The van der Waals surface area contributed by atoms with Crippen LogP contribution in [0.3, 0.4) is 0 Å². The van der Waals surface area contributed by atoms with Crippen LogP contribution in [0.1, 0.15) is 11.3 Å². The Labute approximate surface area is 93.9 Å². The first-order valence-electron chi connectivity index (χ1n) is 5.03. The van der Waals surface area contributed by atoms with Crippen LogP contribution in [0.25, 0.3) is 0 Å². The van der Waals surface area contributed by atoms with Gasteiger partial charge in [-0.2, -0.15) is 10.1 Å². The number of anilines is 1. The number of H-pyrrole nitrogens is 1. The highest BCUT2D eigenvalue weighted by Crippen LogP contribution is 2.12. The standard InChI is InChI=1S/C11H14N4O/c1-8-9(7-13-15-8)6-12-10-4-3-5-11(14-10)16-2/h3-5,7H,6H2,1-2H3,(H,12,14)(H,13,15). The van der Waals surface area contributed by atoms with Gasteiger partial charge in [0.1, 0.15) is 5.82 Å². The van der Waals surface area contributed by atoms with Gasteiger partial charge in [0, 0.05) is 23.9 Å². The molecule has 0 saturated carbocycles. The number of aryl methyl sites for hydroxylation is 1. The molecule has 0 radical (unpaired) electrons. The maximum Gasteiger partial charge on any atom is 0.214 e. The van der Waals surface area contributed by atoms with Gasteiger partial charge in [-0.3, -0.25) is 5.10 Å². The molecule has 0 aliphatic carbocycles. The molecule has 0 amide bonds. The molecule has 0 aliphatic rings. The Morgan fingerprint density at radius 3 is 3.00 bits per heavy atom. The Morgan fingerprint density at radius 2 is 2.31 bits per heavy atom. The fourth-order valence-electron chi connectivity index (χ4n) is 1.37. The minimum Gasteiger partial charge on any atom is -0.481 e. The van der Waals surface area contributed by atoms with E-state index in [1.165, 1.54) is 0 Å². The molecule has 0 unspecified atom stereocenters. The van der Waals surface area contributed by atoms with E-state index >= 15 is 0 Å². The van der Waals surface area contributed by atoms with E-state index in [0.29, 0.717) is 12.4 Å². The van der Waals surface area contributed by atoms with Gasteiger partial charge >= 0.3 is 0 Å². The van der Waals surface area contributed by atoms with Crippen molar-refractivity contribution in [1.29, 1.82) is 0 Å². The van der Waals surface area contributed by atoms with Crippen molar-refractivity contribution in [2.24, 2.45) is 0 Å². The molecule has 5 nitrogen and oxygen atoms in total. The highest BCUT2D eigenvalue weighted by atomic mass is 16.5. The Balaban J connectivity index is 2.02. The molecule has 2 N–H and O–H groups in total. The predicted molar refractivity (Wildman–Crippen MR) is 61.4 cm³/mol. The first kappa shape index (κ1) is 10.5. The van der Waals surface area contributed by atoms with E-state index in [9.17, 15) is 0 Å². The molecule has 0 spiro atoms. The highest BCUT2D eigenvalue weighted by molar-refractivity contribution is 5.38. The van der Waals surface area contributed by atoms with Crippen molar-refractivity contribution in [3.63, 3.8) is 0 Å². The molecule has 0 fully saturated rings. The molecule has 0 bridgehead atoms. The lowest BCUT2D eigenvalue weighted by atomic mass is 10.2. The summed E-state index contributed by atoms with van der Waals surface area (Å²) in [4.78, 5) is 4.26. The molecule has 5 heteroatoms. The number of hydrogen-bond acceptors (Lipinski definition) is 4. The summed E-state index contributed by atoms with van der Waals surface area (Å²) in [5.74, 6) is 1.40. The van der Waals surface area contributed by atoms with Crippen LogP contribution < -0.4 is 10.1 Å². The molecule has 2 aromatic heterocycles. The zero-order valence-electron chi connectivity index (χ0n) is 9.32. The normalized spacial score (nSPS) is 10.1. The van der Waals surface area contributed by atoms with E-state index in [0.717, 1.165) is 17.1 Å². The minimum atomic E-state index is 0.605. The van der Waals surface area contributed by atoms with Crippen LogP contribution in [-0.4, -0.2) is 22.3 Å². The quantitative estimate of drug-likeness (QED) is 0.820. The third-order valence-corrected chi connectivity index (χ3v) is 2.33. The van der Waals surface area contributed by atoms with Crippen molar-refractivity contribution in [2.45, 2.75) is 13.5 Å². The van der Waals surface area contributed by atoms with Gasteiger partial charge in [-0.05, 0) is 13.0 Å². The van der Waals surface area contributed by atoms with Gasteiger partial charge in [0.25, 0.3) is 0 Å². The van der Waals surface area contributed by atoms with E-state index in [1.54, 1.807) is 7.11 Å². The summed E-state index contributed by atoms with van der Waals surface area (Å²) in [6.45, 7) is 2.69. The van der Waals surface area contributed by atoms with E-state index in [2.05, 4.69) is 20.5 Å². The molecule has 2 aromatic rings. The monoisotopic (exact) mass is 218 g/mol. The molecule has 0 aliphatic heterocycles. The van der Waals surface area contributed by atoms with Crippen LogP contribution >= 0.6 is 0 Å². The third-order valence-electron chi connectivity index (χ3n) is 2.33. The molecule has 0 saturated heterocycles. The summed E-state index contributed by atoms with van der Waals surface area (Å²) >= 11 is 0. The number of hydrogen-bond donors (Lipinski definition) is 2. The summed E-state index contributed by atoms with van der Waals surface area (Å²) in [5.41, 5.74) is 2.19. The van der Waals surface area contributed by atoms with Crippen molar-refractivity contribution in [3.05, 3.63) is 35.7 Å². The fourth-order valence-corrected chi connectivity index (χ4v) is 1.37. The average molecular weight is 218 g/mol. The Morgan fingerprint density at radius 1 is 1.44 bits per heavy atom. The second-order valence-corrected chi connectivity index (χ2v) is 3.44. The van der Waals surface area contributed by atoms with Crippen molar-refractivity contribution in [3.8, 4) is 5.88 Å². The number of nitrogens with zero attached hydrogens (tertiary/aromatic N) is 2. The summed E-state index contributed by atoms with van der Waals surface area (Å²) in [7, 11) is 1.60. The molecular weight excluding hydrogens is 204 g/mol. The van der Waals surface area contributed by atoms with Crippen LogP contribution in [0.5, 0.6) is 5.88 Å². The highest BCUT2D eigenvalue weighted by Gasteiger charge is 2.01. The summed E-state index contributed by atoms with van der Waals surface area (Å²) < 4.78 is 5.05. The topological polar surface area (TPSA) is 62.8 Å². The lowest BCUT2D eigenvalue weighted by molar-refractivity contribution is 0.398. The Bertz CT molecular complexity index is 467. The van der Waals surface area contributed by atoms with E-state index < -0.39 is 0 Å². The minimum absolute atomic E-state index is 0.605. The summed E-state index contributed by atoms with van der Waals surface area (Å²) in [6, 6.07) is 5.61. The largest absolute Gasteiger partial charge is 0.481 e. The zero-order chi connectivity index (χ0) is 11.4. The molecule has 0 atom stereocenters. The van der Waals surface area contributed by atoms with Gasteiger partial charge in [-0.25, -0.2) is 0 Å². The fraction of sp³-hybridized carbons (Fsp3) is 0.273. The second kappa shape index (κ2) is 4.65. The summed E-state index contributed by atoms with van der Waals surface area (Å²) in [6.07, 6.45) is 1.81. The first-order chi connectivity index (χ1) is 7.79. The van der Waals surface area contributed by atoms with Gasteiger partial charge in [0.05, 0.1) is 13.3 Å². The molecule has 2 rings (SSSR count). The number of methoxy groups -OCH3 is 1. The Hall–Kier alpha value is -2.04. The van der Waals surface area contributed by atoms with Crippen LogP contribution in [0, 0.1) is 6.92 Å². The molecule has 2 heterocycles. The van der Waals surface area contributed by atoms with Gasteiger partial charge in [-0.15, -0.1) is 0 Å². The maximum atomic E-state index is 5.05. The van der Waals surface area contributed by atoms with E-state index in [4.69, 9.17) is 4.74 Å². The molecular formula is C11H14N4O. The van der Waals surface area contributed by atoms with Gasteiger partial charge in [0.2, 0.25) is 5.88 Å². The summed E-state index contributed by atoms with van der Waals surface area (Å²) in [5, 5.41) is 10.1. The molecule has 84 valence electrons. The second-order valence-electron chi connectivity index (χ2n) is 3.44. The zero-order valence-corrected chi connectivity index (χ0v) is 9.32. The van der Waals surface area contributed by atoms with E-state index in [-0.39, 0.29) is 0 Å². The van der Waals surface area contributed by atoms with Crippen LogP contribution in [-0.2, 0) is 6.54 Å². The van der Waals surface area contributed by atoms with Crippen molar-refractivity contribution >= 4 is 5.82 Å². The SMILES string of the molecule is COc1cccc(NCc2cn[nH]c2C)n1. The number of pyridine rings is 1. The third kappa shape index (κ3) is 2.31. The average Bonchev–Trinajstić information content (AvgIpc) is 2.72. The van der Waals surface area contributed by atoms with Crippen molar-refractivity contribution in [1.82, 2.24) is 15.2 Å². The van der Waals surface area contributed by atoms with Crippen LogP contribution in [0.4, 0.5) is 5.82 Å². The smallest absolute Gasteiger partial charge is 0.214 e. The first-order valence-corrected chi connectivity index (χ1v) is 5.03. The predicted octanol–water partition coefficient (Wildman–Crippen LogP) is 1.73. The van der Waals surface area contributed by atoms with Crippen molar-refractivity contribution < 1.29 is 4.74 Å². The van der Waals surface area contributed by atoms with E-state index in [1.807, 2.05) is 31.3 Å². The number of ether oxygens (including phenoxy) is 1. The molecule has 0 aromatic carbocycles. The number of nitrogens with one attached hydrogen (secondary N) is 2. The maximum absolute atomic E-state index is 5.05. The van der Waals surface area contributed by atoms with Crippen LogP contribution in [0.15, 0.2) is 24.4 Å². The number of aromatic amines is 1. The van der Waals surface area contributed by atoms with Gasteiger partial charge < -0.3 is 10.1 Å². The van der Waals surface area contributed by atoms with Gasteiger partial charge in [-0.1, -0.05) is 6.07 Å². The van der Waals surface area contributed by atoms with Crippen LogP contribution in [0.2, 0.25) is 0 Å². The molecule has 16 heavy (non-hydrogen) atoms. The van der Waals surface area contributed by atoms with Crippen molar-refractivity contribution in [2.75, 3.05) is 12.4 Å². The Kier molecular flexibility index (Phi) is 3.05. The number of aromatic nitrogens is 3.